The van der Waals surface area contributed by atoms with Gasteiger partial charge in [-0.15, -0.1) is 0 Å². The van der Waals surface area contributed by atoms with Crippen LogP contribution in [0.1, 0.15) is 42.5 Å². The summed E-state index contributed by atoms with van der Waals surface area (Å²) in [5.41, 5.74) is 3.70. The summed E-state index contributed by atoms with van der Waals surface area (Å²) in [5, 5.41) is 0. The molecule has 4 rings (SSSR count). The molecule has 0 N–H and O–H groups in total. The molecule has 5 nitrogen and oxygen atoms in total. The van der Waals surface area contributed by atoms with E-state index in [9.17, 15) is 4.79 Å². The Hall–Kier alpha value is -2.53. The molecule has 0 radical (unpaired) electrons. The number of likely N-dealkylation sites (tertiary alicyclic amines) is 1. The maximum absolute atomic E-state index is 12.9. The van der Waals surface area contributed by atoms with Crippen molar-refractivity contribution in [1.82, 2.24) is 9.80 Å². The van der Waals surface area contributed by atoms with Gasteiger partial charge in [-0.1, -0.05) is 37.3 Å². The fourth-order valence-electron chi connectivity index (χ4n) is 4.20. The lowest BCUT2D eigenvalue weighted by Gasteiger charge is -2.28. The van der Waals surface area contributed by atoms with Gasteiger partial charge >= 0.3 is 0 Å². The molecule has 2 aromatic carbocycles. The van der Waals surface area contributed by atoms with Crippen LogP contribution in [0.5, 0.6) is 11.5 Å². The van der Waals surface area contributed by atoms with E-state index in [0.29, 0.717) is 26.3 Å². The molecule has 5 heteroatoms. The van der Waals surface area contributed by atoms with Crippen molar-refractivity contribution < 1.29 is 14.3 Å². The Morgan fingerprint density at radius 2 is 1.79 bits per heavy atom. The molecule has 2 aliphatic rings. The first kappa shape index (κ1) is 19.8. The van der Waals surface area contributed by atoms with E-state index in [1.165, 1.54) is 16.7 Å². The third kappa shape index (κ3) is 4.56. The summed E-state index contributed by atoms with van der Waals surface area (Å²) in [7, 11) is 1.89. The Morgan fingerprint density at radius 3 is 2.55 bits per heavy atom. The van der Waals surface area contributed by atoms with Gasteiger partial charge in [-0.05, 0) is 54.6 Å². The number of hydrogen-bond acceptors (Lipinski definition) is 4. The number of carbonyl (C=O) groups is 1. The van der Waals surface area contributed by atoms with E-state index in [-0.39, 0.29) is 11.9 Å². The van der Waals surface area contributed by atoms with Crippen LogP contribution >= 0.6 is 0 Å². The van der Waals surface area contributed by atoms with E-state index in [1.807, 2.05) is 18.0 Å². The Labute approximate surface area is 173 Å². The summed E-state index contributed by atoms with van der Waals surface area (Å²) in [6.07, 6.45) is 3.20. The minimum Gasteiger partial charge on any atom is -0.486 e. The number of ether oxygens (including phenoxy) is 2. The van der Waals surface area contributed by atoms with Crippen molar-refractivity contribution in [2.75, 3.05) is 33.4 Å². The molecular formula is C24H30N2O3. The van der Waals surface area contributed by atoms with E-state index in [1.54, 1.807) is 0 Å². The van der Waals surface area contributed by atoms with Crippen molar-refractivity contribution in [3.05, 3.63) is 59.2 Å². The molecule has 0 unspecified atom stereocenters. The topological polar surface area (TPSA) is 42.0 Å². The largest absolute Gasteiger partial charge is 0.486 e. The number of aryl methyl sites for hydroxylation is 1. The zero-order valence-corrected chi connectivity index (χ0v) is 17.4. The number of carbonyl (C=O) groups excluding carboxylic acids is 1. The van der Waals surface area contributed by atoms with Crippen molar-refractivity contribution in [1.29, 1.82) is 0 Å². The number of rotatable bonds is 6. The highest BCUT2D eigenvalue weighted by molar-refractivity contribution is 5.78. The molecule has 0 aliphatic carbocycles. The van der Waals surface area contributed by atoms with E-state index in [2.05, 4.69) is 48.2 Å². The van der Waals surface area contributed by atoms with Gasteiger partial charge in [0.2, 0.25) is 5.91 Å². The van der Waals surface area contributed by atoms with Crippen molar-refractivity contribution >= 4 is 5.91 Å². The number of amides is 1. The second-order valence-corrected chi connectivity index (χ2v) is 7.95. The maximum Gasteiger partial charge on any atom is 0.236 e. The normalized spacial score (nSPS) is 18.6. The Morgan fingerprint density at radius 1 is 1.07 bits per heavy atom. The molecular weight excluding hydrogens is 364 g/mol. The molecule has 0 aromatic heterocycles. The van der Waals surface area contributed by atoms with Gasteiger partial charge < -0.3 is 14.4 Å². The van der Waals surface area contributed by atoms with Crippen molar-refractivity contribution in [3.8, 4) is 11.5 Å². The van der Waals surface area contributed by atoms with Gasteiger partial charge in [-0.3, -0.25) is 9.69 Å². The summed E-state index contributed by atoms with van der Waals surface area (Å²) in [6, 6.07) is 15.0. The van der Waals surface area contributed by atoms with Crippen molar-refractivity contribution in [3.63, 3.8) is 0 Å². The van der Waals surface area contributed by atoms with Gasteiger partial charge in [0.1, 0.15) is 13.2 Å². The molecule has 0 bridgehead atoms. The first-order chi connectivity index (χ1) is 14.1. The Balaban J connectivity index is 1.39. The Bertz CT molecular complexity index is 850. The first-order valence-electron chi connectivity index (χ1n) is 10.6. The summed E-state index contributed by atoms with van der Waals surface area (Å²) in [6.45, 7) is 5.38. The third-order valence-electron chi connectivity index (χ3n) is 5.93. The zero-order chi connectivity index (χ0) is 20.2. The van der Waals surface area contributed by atoms with Crippen LogP contribution < -0.4 is 9.47 Å². The fourth-order valence-corrected chi connectivity index (χ4v) is 4.20. The van der Waals surface area contributed by atoms with Crippen LogP contribution in [0, 0.1) is 0 Å². The lowest BCUT2D eigenvalue weighted by molar-refractivity contribution is -0.131. The van der Waals surface area contributed by atoms with Crippen LogP contribution in [-0.4, -0.2) is 49.1 Å². The molecule has 1 atom stereocenters. The molecule has 1 saturated heterocycles. The number of nitrogens with zero attached hydrogens (tertiary/aromatic N) is 2. The second kappa shape index (κ2) is 8.87. The summed E-state index contributed by atoms with van der Waals surface area (Å²) in [5.74, 6) is 1.79. The van der Waals surface area contributed by atoms with E-state index >= 15 is 0 Å². The summed E-state index contributed by atoms with van der Waals surface area (Å²) in [4.78, 5) is 17.0. The highest BCUT2D eigenvalue weighted by atomic mass is 16.6. The highest BCUT2D eigenvalue weighted by Crippen LogP contribution is 2.37. The molecule has 0 saturated carbocycles. The van der Waals surface area contributed by atoms with Crippen LogP contribution in [0.15, 0.2) is 42.5 Å². The standard InChI is InChI=1S/C24H30N2O3/c1-3-18-6-8-19(9-7-18)16-25(2)24(27)17-26-12-4-5-21(26)20-10-11-22-23(15-20)29-14-13-28-22/h6-11,15,21H,3-5,12-14,16-17H2,1-2H3/t21-/m1/s1. The van der Waals surface area contributed by atoms with Crippen LogP contribution in [0.25, 0.3) is 0 Å². The number of likely N-dealkylation sites (N-methyl/N-ethyl adjacent to an activating group) is 1. The maximum atomic E-state index is 12.9. The van der Waals surface area contributed by atoms with Crippen LogP contribution in [0.4, 0.5) is 0 Å². The lowest BCUT2D eigenvalue weighted by Crippen LogP contribution is -2.37. The minimum absolute atomic E-state index is 0.161. The predicted molar refractivity (Wildman–Crippen MR) is 113 cm³/mol. The summed E-state index contributed by atoms with van der Waals surface area (Å²) < 4.78 is 11.4. The smallest absolute Gasteiger partial charge is 0.236 e. The average Bonchev–Trinajstić information content (AvgIpc) is 3.22. The van der Waals surface area contributed by atoms with Gasteiger partial charge in [-0.25, -0.2) is 0 Å². The van der Waals surface area contributed by atoms with Gasteiger partial charge in [-0.2, -0.15) is 0 Å². The number of fused-ring (bicyclic) bond motifs is 1. The van der Waals surface area contributed by atoms with E-state index in [4.69, 9.17) is 9.47 Å². The average molecular weight is 395 g/mol. The van der Waals surface area contributed by atoms with E-state index in [0.717, 1.165) is 37.3 Å². The quantitative estimate of drug-likeness (QED) is 0.747. The molecule has 2 aliphatic heterocycles. The van der Waals surface area contributed by atoms with E-state index < -0.39 is 0 Å². The SMILES string of the molecule is CCc1ccc(CN(C)C(=O)CN2CCC[C@@H]2c2ccc3c(c2)OCCO3)cc1. The second-order valence-electron chi connectivity index (χ2n) is 7.95. The molecule has 1 amide bonds. The van der Waals surface area contributed by atoms with Crippen molar-refractivity contribution in [2.45, 2.75) is 38.8 Å². The molecule has 2 aromatic rings. The predicted octanol–water partition coefficient (Wildman–Crippen LogP) is 3.82. The monoisotopic (exact) mass is 394 g/mol. The van der Waals surface area contributed by atoms with Crippen LogP contribution in [-0.2, 0) is 17.8 Å². The van der Waals surface area contributed by atoms with Crippen LogP contribution in [0.2, 0.25) is 0 Å². The molecule has 1 fully saturated rings. The van der Waals surface area contributed by atoms with Gasteiger partial charge in [0.15, 0.2) is 11.5 Å². The van der Waals surface area contributed by atoms with Crippen molar-refractivity contribution in [2.24, 2.45) is 0 Å². The van der Waals surface area contributed by atoms with Gasteiger partial charge in [0.05, 0.1) is 6.54 Å². The molecule has 0 spiro atoms. The molecule has 154 valence electrons. The minimum atomic E-state index is 0.161. The molecule has 29 heavy (non-hydrogen) atoms. The number of benzene rings is 2. The summed E-state index contributed by atoms with van der Waals surface area (Å²) >= 11 is 0. The van der Waals surface area contributed by atoms with Gasteiger partial charge in [0, 0.05) is 19.6 Å². The number of hydrogen-bond donors (Lipinski definition) is 0. The lowest BCUT2D eigenvalue weighted by atomic mass is 10.0. The fraction of sp³-hybridized carbons (Fsp3) is 0.458. The third-order valence-corrected chi connectivity index (χ3v) is 5.93. The van der Waals surface area contributed by atoms with Gasteiger partial charge in [0.25, 0.3) is 0 Å². The zero-order valence-electron chi connectivity index (χ0n) is 17.4. The highest BCUT2D eigenvalue weighted by Gasteiger charge is 2.29. The van der Waals surface area contributed by atoms with Crippen LogP contribution in [0.3, 0.4) is 0 Å². The first-order valence-corrected chi connectivity index (χ1v) is 10.6. The Kier molecular flexibility index (Phi) is 6.05. The molecule has 2 heterocycles.